The first-order chi connectivity index (χ1) is 18.7. The second-order valence-electron chi connectivity index (χ2n) is 15.3. The van der Waals surface area contributed by atoms with Crippen molar-refractivity contribution in [2.75, 3.05) is 24.7 Å². The van der Waals surface area contributed by atoms with Gasteiger partial charge in [-0.05, 0) is 141 Å². The van der Waals surface area contributed by atoms with Gasteiger partial charge in [0.1, 0.15) is 0 Å². The zero-order valence-corrected chi connectivity index (χ0v) is 25.9. The lowest BCUT2D eigenvalue weighted by Gasteiger charge is -2.61. The Balaban J connectivity index is 1.03. The summed E-state index contributed by atoms with van der Waals surface area (Å²) in [5.74, 6) is 6.60. The molecule has 3 nitrogen and oxygen atoms in total. The number of nitrogen functional groups attached to an aromatic ring is 2. The van der Waals surface area contributed by atoms with Gasteiger partial charge in [0.2, 0.25) is 0 Å². The van der Waals surface area contributed by atoms with Crippen molar-refractivity contribution in [3.8, 4) is 0 Å². The number of fused-ring (bicyclic) bond motifs is 5. The smallest absolute Gasteiger partial charge is 0.0491 e. The van der Waals surface area contributed by atoms with Crippen LogP contribution < -0.4 is 11.5 Å². The van der Waals surface area contributed by atoms with Crippen LogP contribution in [0.2, 0.25) is 0 Å². The third kappa shape index (κ3) is 6.05. The molecule has 9 atom stereocenters. The van der Waals surface area contributed by atoms with Crippen LogP contribution in [0.4, 0.5) is 11.4 Å². The lowest BCUT2D eigenvalue weighted by Crippen LogP contribution is -2.53. The summed E-state index contributed by atoms with van der Waals surface area (Å²) in [5, 5.41) is 0. The van der Waals surface area contributed by atoms with E-state index in [1.165, 1.54) is 76.2 Å². The van der Waals surface area contributed by atoms with E-state index in [0.717, 1.165) is 72.9 Å². The maximum Gasteiger partial charge on any atom is 0.0491 e. The van der Waals surface area contributed by atoms with E-state index in [1.54, 1.807) is 12.8 Å². The highest BCUT2D eigenvalue weighted by Gasteiger charge is 2.60. The Labute approximate surface area is 240 Å². The van der Waals surface area contributed by atoms with Crippen LogP contribution in [-0.2, 0) is 11.2 Å². The first-order valence-electron chi connectivity index (χ1n) is 16.9. The Bertz CT molecular complexity index is 946. The minimum absolute atomic E-state index is 0.612. The molecule has 4 aliphatic carbocycles. The van der Waals surface area contributed by atoms with Gasteiger partial charge in [-0.15, -0.1) is 0 Å². The van der Waals surface area contributed by atoms with Crippen LogP contribution in [0.25, 0.3) is 0 Å². The van der Waals surface area contributed by atoms with Gasteiger partial charge in [0, 0.05) is 24.6 Å². The van der Waals surface area contributed by atoms with Crippen molar-refractivity contribution in [1.82, 2.24) is 0 Å². The Morgan fingerprint density at radius 3 is 2.51 bits per heavy atom. The summed E-state index contributed by atoms with van der Waals surface area (Å²) < 4.78 is 6.06. The number of nitrogens with two attached hydrogens (primary N) is 2. The van der Waals surface area contributed by atoms with Crippen molar-refractivity contribution in [1.29, 1.82) is 0 Å². The van der Waals surface area contributed by atoms with Crippen LogP contribution in [0.15, 0.2) is 18.2 Å². The van der Waals surface area contributed by atoms with Gasteiger partial charge in [0.15, 0.2) is 0 Å². The van der Waals surface area contributed by atoms with E-state index in [0.29, 0.717) is 16.7 Å². The maximum absolute atomic E-state index is 6.09. The minimum Gasteiger partial charge on any atom is -0.399 e. The van der Waals surface area contributed by atoms with Gasteiger partial charge >= 0.3 is 0 Å². The zero-order chi connectivity index (χ0) is 27.6. The third-order valence-corrected chi connectivity index (χ3v) is 13.0. The average Bonchev–Trinajstić information content (AvgIpc) is 3.26. The fraction of sp³-hybridized carbons (Fsp3) is 0.833. The number of hydrogen-bond acceptors (Lipinski definition) is 3. The Kier molecular flexibility index (Phi) is 9.26. The molecule has 220 valence electrons. The van der Waals surface area contributed by atoms with Gasteiger partial charge in [-0.1, -0.05) is 59.4 Å². The number of ether oxygens (including phenoxy) is 1. The van der Waals surface area contributed by atoms with Gasteiger partial charge in [0.25, 0.3) is 0 Å². The summed E-state index contributed by atoms with van der Waals surface area (Å²) in [6.07, 6.45) is 21.3. The molecule has 0 bridgehead atoms. The second-order valence-corrected chi connectivity index (χ2v) is 15.3. The van der Waals surface area contributed by atoms with Gasteiger partial charge in [-0.2, -0.15) is 0 Å². The van der Waals surface area contributed by atoms with Crippen molar-refractivity contribution in [2.45, 2.75) is 124 Å². The Hall–Kier alpha value is -1.22. The Morgan fingerprint density at radius 1 is 0.872 bits per heavy atom. The second kappa shape index (κ2) is 12.3. The molecule has 4 saturated carbocycles. The molecule has 4 fully saturated rings. The van der Waals surface area contributed by atoms with Crippen LogP contribution in [0.5, 0.6) is 0 Å². The quantitative estimate of drug-likeness (QED) is 0.219. The van der Waals surface area contributed by atoms with Crippen molar-refractivity contribution < 1.29 is 4.74 Å². The highest BCUT2D eigenvalue weighted by atomic mass is 16.5. The Morgan fingerprint density at radius 2 is 1.69 bits per heavy atom. The number of aryl methyl sites for hydroxylation is 1. The molecular weight excluding hydrogens is 476 g/mol. The molecule has 0 aliphatic heterocycles. The molecule has 5 rings (SSSR count). The lowest BCUT2D eigenvalue weighted by atomic mass is 9.44. The number of rotatable bonds is 11. The van der Waals surface area contributed by atoms with Crippen molar-refractivity contribution in [3.05, 3.63) is 23.8 Å². The molecule has 0 radical (unpaired) electrons. The molecule has 0 saturated heterocycles. The highest BCUT2D eigenvalue weighted by molar-refractivity contribution is 5.56. The fourth-order valence-corrected chi connectivity index (χ4v) is 10.8. The standard InChI is InChI=1S/C36H60N2O/c1-25(24-39-22-8-11-27-13-15-29(37)23-34(27)38)9-7-10-26(2)31-17-18-32-30-16-14-28-12-5-6-20-35(28,3)33(30)19-21-36(31,32)4/h13,15,23,25-26,28,30-33H,5-12,14,16-22,24,37-38H2,1-4H3/t25?,26?,28?,30-,31+,32-,33-,35-,36+/m0/s1. The summed E-state index contributed by atoms with van der Waals surface area (Å²) in [6, 6.07) is 5.85. The summed E-state index contributed by atoms with van der Waals surface area (Å²) in [4.78, 5) is 0. The van der Waals surface area contributed by atoms with Gasteiger partial charge in [0.05, 0.1) is 0 Å². The highest BCUT2D eigenvalue weighted by Crippen LogP contribution is 2.68. The van der Waals surface area contributed by atoms with E-state index in [9.17, 15) is 0 Å². The molecule has 4 N–H and O–H groups in total. The average molecular weight is 537 g/mol. The lowest BCUT2D eigenvalue weighted by molar-refractivity contribution is -0.114. The predicted molar refractivity (Wildman–Crippen MR) is 166 cm³/mol. The summed E-state index contributed by atoms with van der Waals surface area (Å²) in [5.41, 5.74) is 15.9. The van der Waals surface area contributed by atoms with Crippen LogP contribution in [0, 0.1) is 52.3 Å². The van der Waals surface area contributed by atoms with Crippen LogP contribution in [0.1, 0.15) is 123 Å². The summed E-state index contributed by atoms with van der Waals surface area (Å²) >= 11 is 0. The molecule has 0 aromatic heterocycles. The van der Waals surface area contributed by atoms with Crippen molar-refractivity contribution >= 4 is 11.4 Å². The monoisotopic (exact) mass is 536 g/mol. The molecule has 0 heterocycles. The van der Waals surface area contributed by atoms with E-state index >= 15 is 0 Å². The van der Waals surface area contributed by atoms with Crippen LogP contribution in [-0.4, -0.2) is 13.2 Å². The summed E-state index contributed by atoms with van der Waals surface area (Å²) in [7, 11) is 0. The largest absolute Gasteiger partial charge is 0.399 e. The van der Waals surface area contributed by atoms with Gasteiger partial charge in [-0.3, -0.25) is 0 Å². The molecule has 1 aromatic carbocycles. The molecule has 1 aromatic rings. The molecule has 4 aliphatic rings. The van der Waals surface area contributed by atoms with E-state index < -0.39 is 0 Å². The third-order valence-electron chi connectivity index (χ3n) is 13.0. The molecule has 3 unspecified atom stereocenters. The normalized spacial score (nSPS) is 37.5. The van der Waals surface area contributed by atoms with E-state index in [1.807, 2.05) is 12.1 Å². The molecule has 0 amide bonds. The van der Waals surface area contributed by atoms with Gasteiger partial charge < -0.3 is 16.2 Å². The number of anilines is 2. The molecule has 3 heteroatoms. The molecule has 39 heavy (non-hydrogen) atoms. The summed E-state index contributed by atoms with van der Waals surface area (Å²) in [6.45, 7) is 12.1. The zero-order valence-electron chi connectivity index (χ0n) is 25.9. The SMILES string of the molecule is CC(CCCC(C)[C@H]1CC[C@H]2[C@@H]3CCC4CCCC[C@]4(C)[C@H]3CC[C@]12C)COCCCc1ccc(N)cc1N. The maximum atomic E-state index is 6.09. The molecule has 0 spiro atoms. The first-order valence-corrected chi connectivity index (χ1v) is 16.9. The minimum atomic E-state index is 0.612. The predicted octanol–water partition coefficient (Wildman–Crippen LogP) is 9.29. The topological polar surface area (TPSA) is 61.3 Å². The molecular formula is C36H60N2O. The van der Waals surface area contributed by atoms with Crippen LogP contribution in [0.3, 0.4) is 0 Å². The fourth-order valence-electron chi connectivity index (χ4n) is 10.8. The number of benzene rings is 1. The first kappa shape index (κ1) is 29.3. The van der Waals surface area contributed by atoms with Crippen molar-refractivity contribution in [3.63, 3.8) is 0 Å². The van der Waals surface area contributed by atoms with E-state index in [-0.39, 0.29) is 0 Å². The van der Waals surface area contributed by atoms with E-state index in [4.69, 9.17) is 16.2 Å². The van der Waals surface area contributed by atoms with E-state index in [2.05, 4.69) is 33.8 Å². The number of hydrogen-bond donors (Lipinski definition) is 2. The van der Waals surface area contributed by atoms with Crippen molar-refractivity contribution in [2.24, 2.45) is 52.3 Å². The van der Waals surface area contributed by atoms with Crippen LogP contribution >= 0.6 is 0 Å². The van der Waals surface area contributed by atoms with Gasteiger partial charge in [-0.25, -0.2) is 0 Å².